The van der Waals surface area contributed by atoms with Gasteiger partial charge >= 0.3 is 5.97 Å². The molecule has 61 heavy (non-hydrogen) atoms. The highest BCUT2D eigenvalue weighted by Gasteiger charge is 2.53. The molecule has 1 unspecified atom stereocenters. The maximum atomic E-state index is 14.5. The van der Waals surface area contributed by atoms with E-state index in [4.69, 9.17) is 40.6 Å². The molecular formula is C44H74BrN3O12S. The van der Waals surface area contributed by atoms with Crippen LogP contribution >= 0.6 is 28.1 Å². The highest BCUT2D eigenvalue weighted by Crippen LogP contribution is 2.40. The second-order valence-corrected chi connectivity index (χ2v) is 20.1. The number of hydrogen-bond acceptors (Lipinski definition) is 14. The molecule has 17 heteroatoms. The average molecular weight is 949 g/mol. The number of rotatable bonds is 8. The van der Waals surface area contributed by atoms with E-state index in [0.29, 0.717) is 12.1 Å². The zero-order valence-corrected chi connectivity index (χ0v) is 40.7. The van der Waals surface area contributed by atoms with Crippen LogP contribution in [0, 0.1) is 17.8 Å². The highest BCUT2D eigenvalue weighted by molar-refractivity contribution is 9.10. The summed E-state index contributed by atoms with van der Waals surface area (Å²) in [4.78, 5) is 18.2. The van der Waals surface area contributed by atoms with Gasteiger partial charge in [0.2, 0.25) is 0 Å². The molecule has 6 N–H and O–H groups in total. The number of aliphatic hydroxyl groups is 5. The molecule has 1 aromatic rings. The average Bonchev–Trinajstić information content (AvgIpc) is 3.18. The number of methoxy groups -OCH3 is 1. The van der Waals surface area contributed by atoms with Gasteiger partial charge in [-0.15, -0.1) is 0 Å². The van der Waals surface area contributed by atoms with Gasteiger partial charge in [0.1, 0.15) is 30.0 Å². The number of hydrogen-bond donors (Lipinski definition) is 6. The highest BCUT2D eigenvalue weighted by atomic mass is 79.9. The Balaban J connectivity index is 1.86. The molecule has 1 aromatic carbocycles. The monoisotopic (exact) mass is 947 g/mol. The molecule has 3 saturated heterocycles. The van der Waals surface area contributed by atoms with Gasteiger partial charge in [-0.1, -0.05) is 36.7 Å². The Labute approximate surface area is 376 Å². The van der Waals surface area contributed by atoms with Crippen LogP contribution in [0.15, 0.2) is 28.7 Å². The first-order valence-electron chi connectivity index (χ1n) is 21.6. The molecule has 4 rings (SSSR count). The van der Waals surface area contributed by atoms with Crippen LogP contribution in [0.5, 0.6) is 0 Å². The summed E-state index contributed by atoms with van der Waals surface area (Å²) in [6.45, 7) is 17.6. The van der Waals surface area contributed by atoms with Crippen LogP contribution in [-0.4, -0.2) is 164 Å². The molecule has 3 heterocycles. The summed E-state index contributed by atoms with van der Waals surface area (Å²) in [6.07, 6.45) is -9.14. The number of esters is 1. The van der Waals surface area contributed by atoms with Crippen molar-refractivity contribution in [1.29, 1.82) is 0 Å². The number of likely N-dealkylation sites (N-methyl/N-ethyl adjacent to an activating group) is 1. The molecule has 0 radical (unpaired) electrons. The van der Waals surface area contributed by atoms with E-state index in [9.17, 15) is 30.3 Å². The summed E-state index contributed by atoms with van der Waals surface area (Å²) in [5, 5.41) is 63.3. The molecule has 15 nitrogen and oxygen atoms in total. The van der Waals surface area contributed by atoms with Crippen LogP contribution in [0.25, 0.3) is 0 Å². The second-order valence-electron chi connectivity index (χ2n) is 18.8. The molecule has 3 aliphatic rings. The fourth-order valence-electron chi connectivity index (χ4n) is 9.51. The van der Waals surface area contributed by atoms with E-state index in [-0.39, 0.29) is 49.0 Å². The predicted molar refractivity (Wildman–Crippen MR) is 239 cm³/mol. The summed E-state index contributed by atoms with van der Waals surface area (Å²) in [6, 6.07) is 6.31. The fourth-order valence-corrected chi connectivity index (χ4v) is 10.1. The lowest BCUT2D eigenvalue weighted by molar-refractivity contribution is -0.318. The largest absolute Gasteiger partial charge is 0.459 e. The normalized spacial score (nSPS) is 43.6. The zero-order chi connectivity index (χ0) is 45.9. The van der Waals surface area contributed by atoms with Gasteiger partial charge in [-0.2, -0.15) is 0 Å². The number of ether oxygens (including phenoxy) is 6. The number of nitrogens with zero attached hydrogens (tertiary/aromatic N) is 2. The molecule has 350 valence electrons. The van der Waals surface area contributed by atoms with Gasteiger partial charge < -0.3 is 69.1 Å². The first kappa shape index (κ1) is 52.0. The standard InChI is InChI=1S/C44H74BrN3O12S/c1-14-32-44(10,54)36(50)27(6)48(41(61)46-30-17-15-29(45)16-18-30)22-23(2)20-42(8,53)38(60-40-34(49)31(47(11)12)19-24(3)56-40)25(4)35(26(5)39(52)58-32)59-33-21-43(9,55-13)37(51)28(7)57-33/h15-18,23-28,31-38,40,49-51,53-54H,14,19-22H2,1-13H3,(H,46,61)/t23-,24-,25+,26-,27-,28+,31+,32-,33+,34-,35+,36-,37+,38-,40+,42?,43-,44-/m1/s1. The van der Waals surface area contributed by atoms with Gasteiger partial charge in [-0.25, -0.2) is 0 Å². The number of aliphatic hydroxyl groups excluding tert-OH is 3. The summed E-state index contributed by atoms with van der Waals surface area (Å²) in [5.74, 6) is -2.95. The van der Waals surface area contributed by atoms with Crippen LogP contribution in [0.1, 0.15) is 94.9 Å². The van der Waals surface area contributed by atoms with E-state index in [0.717, 1.165) is 4.47 Å². The van der Waals surface area contributed by atoms with Gasteiger partial charge in [0.05, 0.1) is 47.6 Å². The molecule has 18 atom stereocenters. The second kappa shape index (κ2) is 21.2. The van der Waals surface area contributed by atoms with Crippen LogP contribution < -0.4 is 5.32 Å². The maximum absolute atomic E-state index is 14.5. The summed E-state index contributed by atoms with van der Waals surface area (Å²) < 4.78 is 38.8. The molecule has 3 aliphatic heterocycles. The molecular weight excluding hydrogens is 874 g/mol. The van der Waals surface area contributed by atoms with Crippen LogP contribution in [0.4, 0.5) is 5.69 Å². The topological polar surface area (TPSA) is 192 Å². The van der Waals surface area contributed by atoms with E-state index in [2.05, 4.69) is 21.2 Å². The minimum Gasteiger partial charge on any atom is -0.459 e. The summed E-state index contributed by atoms with van der Waals surface area (Å²) in [7, 11) is 5.25. The maximum Gasteiger partial charge on any atom is 0.311 e. The van der Waals surface area contributed by atoms with E-state index in [1.807, 2.05) is 57.1 Å². The minimum absolute atomic E-state index is 0.103. The lowest BCUT2D eigenvalue weighted by Crippen LogP contribution is -2.61. The molecule has 3 fully saturated rings. The van der Waals surface area contributed by atoms with Gasteiger partial charge in [0, 0.05) is 42.2 Å². The number of nitrogens with one attached hydrogen (secondary N) is 1. The van der Waals surface area contributed by atoms with Gasteiger partial charge in [-0.3, -0.25) is 4.79 Å². The van der Waals surface area contributed by atoms with Crippen molar-refractivity contribution in [2.24, 2.45) is 17.8 Å². The quantitative estimate of drug-likeness (QED) is 0.158. The minimum atomic E-state index is -1.95. The molecule has 0 aliphatic carbocycles. The Morgan fingerprint density at radius 2 is 1.61 bits per heavy atom. The van der Waals surface area contributed by atoms with Gasteiger partial charge in [0.15, 0.2) is 17.7 Å². The number of benzene rings is 1. The number of thiocarbonyl (C=S) groups is 1. The van der Waals surface area contributed by atoms with Gasteiger partial charge in [0.25, 0.3) is 0 Å². The predicted octanol–water partition coefficient (Wildman–Crippen LogP) is 4.43. The Kier molecular flexibility index (Phi) is 18.1. The lowest BCUT2D eigenvalue weighted by Gasteiger charge is -2.49. The number of carbonyl (C=O) groups is 1. The Bertz CT molecular complexity index is 1590. The lowest BCUT2D eigenvalue weighted by atomic mass is 9.77. The van der Waals surface area contributed by atoms with Crippen molar-refractivity contribution in [3.63, 3.8) is 0 Å². The van der Waals surface area contributed by atoms with Crippen LogP contribution in [-0.2, 0) is 33.2 Å². The van der Waals surface area contributed by atoms with Crippen molar-refractivity contribution in [3.8, 4) is 0 Å². The third kappa shape index (κ3) is 12.2. The van der Waals surface area contributed by atoms with E-state index in [1.165, 1.54) is 14.0 Å². The van der Waals surface area contributed by atoms with Crippen LogP contribution in [0.3, 0.4) is 0 Å². The Morgan fingerprint density at radius 3 is 2.18 bits per heavy atom. The Hall–Kier alpha value is -1.58. The Morgan fingerprint density at radius 1 is 0.984 bits per heavy atom. The summed E-state index contributed by atoms with van der Waals surface area (Å²) in [5.41, 5.74) is -3.98. The van der Waals surface area contributed by atoms with Crippen molar-refractivity contribution >= 4 is 44.9 Å². The summed E-state index contributed by atoms with van der Waals surface area (Å²) >= 11 is 9.45. The number of anilines is 1. The smallest absolute Gasteiger partial charge is 0.311 e. The van der Waals surface area contributed by atoms with Crippen molar-refractivity contribution in [3.05, 3.63) is 28.7 Å². The molecule has 0 saturated carbocycles. The SMILES string of the molecule is CC[C@H]1OC(=O)[C@H](C)[C@@H](O[C@H]2C[C@@](C)(OC)[C@@H](O)[C@H](C)O2)[C@H](C)[C@@H](O[C@@H]2O[C@H](C)C[C@H](N(C)C)[C@H]2O)C(C)(O)C[C@@H](C)CN(C(=S)Nc2ccc(Br)cc2)[C@H](C)[C@@H](O)[C@]1(C)O. The number of halogens is 1. The van der Waals surface area contributed by atoms with Crippen molar-refractivity contribution in [2.75, 3.05) is 33.1 Å². The third-order valence-corrected chi connectivity index (χ3v) is 14.1. The van der Waals surface area contributed by atoms with Gasteiger partial charge in [-0.05, 0) is 124 Å². The van der Waals surface area contributed by atoms with Crippen molar-refractivity contribution in [2.45, 2.75) is 185 Å². The first-order valence-corrected chi connectivity index (χ1v) is 22.8. The fraction of sp³-hybridized carbons (Fsp3) is 0.818. The number of cyclic esters (lactones) is 1. The van der Waals surface area contributed by atoms with E-state index < -0.39 is 96.0 Å². The zero-order valence-electron chi connectivity index (χ0n) is 38.3. The van der Waals surface area contributed by atoms with E-state index >= 15 is 0 Å². The first-order chi connectivity index (χ1) is 28.3. The van der Waals surface area contributed by atoms with E-state index in [1.54, 1.807) is 53.4 Å². The number of carbonyl (C=O) groups excluding carboxylic acids is 1. The molecule has 0 bridgehead atoms. The molecule has 0 aromatic heterocycles. The van der Waals surface area contributed by atoms with Crippen molar-refractivity contribution in [1.82, 2.24) is 9.80 Å². The van der Waals surface area contributed by atoms with Crippen molar-refractivity contribution < 1.29 is 58.7 Å². The molecule has 0 amide bonds. The third-order valence-electron chi connectivity index (χ3n) is 13.3. The van der Waals surface area contributed by atoms with Crippen LogP contribution in [0.2, 0.25) is 0 Å². The molecule has 0 spiro atoms.